The monoisotopic (exact) mass is 264 g/mol. The second-order valence-corrected chi connectivity index (χ2v) is 4.41. The topological polar surface area (TPSA) is 92.4 Å². The van der Waals surface area contributed by atoms with Crippen LogP contribution in [-0.2, 0) is 11.3 Å². The predicted molar refractivity (Wildman–Crippen MR) is 72.7 cm³/mol. The van der Waals surface area contributed by atoms with Crippen molar-refractivity contribution in [2.24, 2.45) is 5.73 Å². The van der Waals surface area contributed by atoms with Gasteiger partial charge >= 0.3 is 5.97 Å². The number of amides is 1. The maximum Gasteiger partial charge on any atom is 0.326 e. The minimum absolute atomic E-state index is 0.368. The molecule has 104 valence electrons. The van der Waals surface area contributed by atoms with Gasteiger partial charge in [0.15, 0.2) is 0 Å². The van der Waals surface area contributed by atoms with Gasteiger partial charge in [0.05, 0.1) is 0 Å². The van der Waals surface area contributed by atoms with Crippen molar-refractivity contribution in [2.75, 3.05) is 0 Å². The summed E-state index contributed by atoms with van der Waals surface area (Å²) in [6.07, 6.45) is 2.10. The average molecular weight is 264 g/mol. The van der Waals surface area contributed by atoms with Crippen LogP contribution in [0.1, 0.15) is 42.1 Å². The Kier molecular flexibility index (Phi) is 6.02. The molecule has 0 aliphatic carbocycles. The number of nitrogens with one attached hydrogen (secondary N) is 1. The highest BCUT2D eigenvalue weighted by molar-refractivity contribution is 5.96. The summed E-state index contributed by atoms with van der Waals surface area (Å²) >= 11 is 0. The van der Waals surface area contributed by atoms with Gasteiger partial charge < -0.3 is 16.2 Å². The Labute approximate surface area is 112 Å². The summed E-state index contributed by atoms with van der Waals surface area (Å²) in [5, 5.41) is 11.6. The molecule has 0 unspecified atom stereocenters. The number of carboxylic acids is 1. The van der Waals surface area contributed by atoms with Gasteiger partial charge in [-0.05, 0) is 24.1 Å². The first kappa shape index (κ1) is 15.2. The molecule has 19 heavy (non-hydrogen) atoms. The van der Waals surface area contributed by atoms with E-state index in [4.69, 9.17) is 10.8 Å². The number of benzene rings is 1. The number of unbranched alkanes of at least 4 members (excludes halogenated alkanes) is 1. The van der Waals surface area contributed by atoms with E-state index < -0.39 is 12.0 Å². The summed E-state index contributed by atoms with van der Waals surface area (Å²) in [7, 11) is 0. The van der Waals surface area contributed by atoms with Crippen LogP contribution in [0.3, 0.4) is 0 Å². The summed E-state index contributed by atoms with van der Waals surface area (Å²) in [6.45, 7) is 2.39. The molecule has 0 saturated carbocycles. The fourth-order valence-corrected chi connectivity index (χ4v) is 1.70. The molecule has 0 radical (unpaired) electrons. The van der Waals surface area contributed by atoms with E-state index in [1.165, 1.54) is 0 Å². The third kappa shape index (κ3) is 4.71. The van der Waals surface area contributed by atoms with E-state index in [-0.39, 0.29) is 5.91 Å². The number of rotatable bonds is 7. The maximum absolute atomic E-state index is 11.9. The third-order valence-corrected chi connectivity index (χ3v) is 2.90. The number of nitrogens with two attached hydrogens (primary N) is 1. The van der Waals surface area contributed by atoms with Crippen LogP contribution in [0.5, 0.6) is 0 Å². The van der Waals surface area contributed by atoms with E-state index in [2.05, 4.69) is 5.32 Å². The quantitative estimate of drug-likeness (QED) is 0.696. The van der Waals surface area contributed by atoms with E-state index in [0.29, 0.717) is 18.5 Å². The Morgan fingerprint density at radius 2 is 1.95 bits per heavy atom. The van der Waals surface area contributed by atoms with Crippen LogP contribution in [0.25, 0.3) is 0 Å². The second-order valence-electron chi connectivity index (χ2n) is 4.41. The molecule has 1 rings (SSSR count). The summed E-state index contributed by atoms with van der Waals surface area (Å²) in [5.74, 6) is -1.37. The highest BCUT2D eigenvalue weighted by Crippen LogP contribution is 2.06. The van der Waals surface area contributed by atoms with Crippen molar-refractivity contribution < 1.29 is 14.7 Å². The molecule has 0 bridgehead atoms. The molecule has 0 spiro atoms. The molecule has 0 aliphatic rings. The molecule has 0 aliphatic heterocycles. The van der Waals surface area contributed by atoms with Crippen LogP contribution < -0.4 is 11.1 Å². The van der Waals surface area contributed by atoms with Gasteiger partial charge in [-0.15, -0.1) is 0 Å². The molecular formula is C14H20N2O3. The fraction of sp³-hybridized carbons (Fsp3) is 0.429. The Morgan fingerprint density at radius 3 is 2.42 bits per heavy atom. The standard InChI is InChI=1S/C14H20N2O3/c1-2-3-4-12(14(18)19)16-13(17)11-7-5-10(9-15)6-8-11/h5-8,12H,2-4,9,15H2,1H3,(H,16,17)(H,18,19)/t12-/m0/s1. The summed E-state index contributed by atoms with van der Waals surface area (Å²) in [4.78, 5) is 23.0. The SMILES string of the molecule is CCCC[C@H](NC(=O)c1ccc(CN)cc1)C(=O)O. The molecule has 1 atom stereocenters. The van der Waals surface area contributed by atoms with Crippen LogP contribution >= 0.6 is 0 Å². The molecule has 0 heterocycles. The highest BCUT2D eigenvalue weighted by Gasteiger charge is 2.19. The maximum atomic E-state index is 11.9. The number of carbonyl (C=O) groups is 2. The van der Waals surface area contributed by atoms with Crippen molar-refractivity contribution in [3.8, 4) is 0 Å². The first-order chi connectivity index (χ1) is 9.08. The summed E-state index contributed by atoms with van der Waals surface area (Å²) in [6, 6.07) is 5.99. The van der Waals surface area contributed by atoms with Gasteiger partial charge in [0.1, 0.15) is 6.04 Å². The molecule has 1 aromatic rings. The zero-order valence-corrected chi connectivity index (χ0v) is 11.1. The molecule has 0 saturated heterocycles. The zero-order chi connectivity index (χ0) is 14.3. The normalized spacial score (nSPS) is 11.9. The zero-order valence-electron chi connectivity index (χ0n) is 11.1. The van der Waals surface area contributed by atoms with Gasteiger partial charge in [-0.1, -0.05) is 31.9 Å². The van der Waals surface area contributed by atoms with E-state index in [9.17, 15) is 9.59 Å². The highest BCUT2D eigenvalue weighted by atomic mass is 16.4. The molecule has 4 N–H and O–H groups in total. The van der Waals surface area contributed by atoms with E-state index >= 15 is 0 Å². The van der Waals surface area contributed by atoms with Crippen molar-refractivity contribution >= 4 is 11.9 Å². The summed E-state index contributed by atoms with van der Waals surface area (Å²) in [5.41, 5.74) is 6.85. The Bertz CT molecular complexity index is 429. The molecule has 0 fully saturated rings. The van der Waals surface area contributed by atoms with E-state index in [1.807, 2.05) is 6.92 Å². The number of hydrogen-bond acceptors (Lipinski definition) is 3. The smallest absolute Gasteiger partial charge is 0.326 e. The van der Waals surface area contributed by atoms with E-state index in [1.54, 1.807) is 24.3 Å². The molecule has 1 amide bonds. The molecule has 1 aromatic carbocycles. The first-order valence-electron chi connectivity index (χ1n) is 6.41. The first-order valence-corrected chi connectivity index (χ1v) is 6.41. The number of hydrogen-bond donors (Lipinski definition) is 3. The lowest BCUT2D eigenvalue weighted by atomic mass is 10.1. The third-order valence-electron chi connectivity index (χ3n) is 2.90. The second kappa shape index (κ2) is 7.53. The average Bonchev–Trinajstić information content (AvgIpc) is 2.43. The van der Waals surface area contributed by atoms with Crippen LogP contribution in [0, 0.1) is 0 Å². The predicted octanol–water partition coefficient (Wildman–Crippen LogP) is 1.52. The van der Waals surface area contributed by atoms with Gasteiger partial charge in [-0.2, -0.15) is 0 Å². The fourth-order valence-electron chi connectivity index (χ4n) is 1.70. The molecule has 0 aromatic heterocycles. The lowest BCUT2D eigenvalue weighted by Crippen LogP contribution is -2.40. The van der Waals surface area contributed by atoms with Gasteiger partial charge in [-0.3, -0.25) is 4.79 Å². The van der Waals surface area contributed by atoms with Gasteiger partial charge in [-0.25, -0.2) is 4.79 Å². The van der Waals surface area contributed by atoms with Crippen molar-refractivity contribution in [1.82, 2.24) is 5.32 Å². The lowest BCUT2D eigenvalue weighted by Gasteiger charge is -2.14. The largest absolute Gasteiger partial charge is 0.480 e. The van der Waals surface area contributed by atoms with E-state index in [0.717, 1.165) is 18.4 Å². The minimum atomic E-state index is -1.000. The van der Waals surface area contributed by atoms with Crippen molar-refractivity contribution in [1.29, 1.82) is 0 Å². The van der Waals surface area contributed by atoms with Crippen molar-refractivity contribution in [2.45, 2.75) is 38.8 Å². The van der Waals surface area contributed by atoms with Crippen molar-refractivity contribution in [3.63, 3.8) is 0 Å². The molecular weight excluding hydrogens is 244 g/mol. The molecule has 5 heteroatoms. The number of carbonyl (C=O) groups excluding carboxylic acids is 1. The van der Waals surface area contributed by atoms with Gasteiger partial charge in [0, 0.05) is 12.1 Å². The minimum Gasteiger partial charge on any atom is -0.480 e. The van der Waals surface area contributed by atoms with Crippen LogP contribution in [-0.4, -0.2) is 23.0 Å². The number of aliphatic carboxylic acids is 1. The van der Waals surface area contributed by atoms with Gasteiger partial charge in [0.25, 0.3) is 5.91 Å². The molecule has 5 nitrogen and oxygen atoms in total. The van der Waals surface area contributed by atoms with Crippen LogP contribution in [0.15, 0.2) is 24.3 Å². The lowest BCUT2D eigenvalue weighted by molar-refractivity contribution is -0.139. The van der Waals surface area contributed by atoms with Crippen LogP contribution in [0.2, 0.25) is 0 Å². The van der Waals surface area contributed by atoms with Crippen LogP contribution in [0.4, 0.5) is 0 Å². The number of carboxylic acid groups (broad SMARTS) is 1. The Balaban J connectivity index is 2.67. The Hall–Kier alpha value is -1.88. The van der Waals surface area contributed by atoms with Crippen molar-refractivity contribution in [3.05, 3.63) is 35.4 Å². The Morgan fingerprint density at radius 1 is 1.32 bits per heavy atom. The summed E-state index contributed by atoms with van der Waals surface area (Å²) < 4.78 is 0. The van der Waals surface area contributed by atoms with Gasteiger partial charge in [0.2, 0.25) is 0 Å².